The van der Waals surface area contributed by atoms with Crippen LogP contribution in [0.2, 0.25) is 0 Å². The number of rotatable bonds is 4. The van der Waals surface area contributed by atoms with Gasteiger partial charge in [0.2, 0.25) is 0 Å². The van der Waals surface area contributed by atoms with Gasteiger partial charge in [-0.25, -0.2) is 4.79 Å². The van der Waals surface area contributed by atoms with Gasteiger partial charge in [0.05, 0.1) is 0 Å². The number of carbonyl (C=O) groups is 1. The maximum absolute atomic E-state index is 11.2. The molecule has 1 aromatic rings. The van der Waals surface area contributed by atoms with Gasteiger partial charge >= 0.3 is 6.09 Å². The van der Waals surface area contributed by atoms with Crippen LogP contribution in [-0.2, 0) is 4.74 Å². The second kappa shape index (κ2) is 5.98. The van der Waals surface area contributed by atoms with E-state index in [2.05, 4.69) is 10.3 Å². The largest absolute Gasteiger partial charge is 0.448 e. The van der Waals surface area contributed by atoms with Crippen LogP contribution in [0.1, 0.15) is 0 Å². The number of anilines is 1. The van der Waals surface area contributed by atoms with E-state index < -0.39 is 6.09 Å². The maximum atomic E-state index is 11.2. The van der Waals surface area contributed by atoms with Crippen LogP contribution < -0.4 is 5.32 Å². The lowest BCUT2D eigenvalue weighted by atomic mass is 10.4. The number of nitrogens with one attached hydrogen (secondary N) is 1. The van der Waals surface area contributed by atoms with Crippen molar-refractivity contribution in [3.8, 4) is 0 Å². The summed E-state index contributed by atoms with van der Waals surface area (Å²) in [5, 5.41) is 2.60. The van der Waals surface area contributed by atoms with Gasteiger partial charge in [0.1, 0.15) is 6.61 Å². The van der Waals surface area contributed by atoms with Gasteiger partial charge in [-0.3, -0.25) is 10.3 Å². The van der Waals surface area contributed by atoms with Crippen LogP contribution in [-0.4, -0.2) is 43.2 Å². The lowest BCUT2D eigenvalue weighted by Crippen LogP contribution is -2.22. The van der Waals surface area contributed by atoms with E-state index in [-0.39, 0.29) is 0 Å². The average molecular weight is 209 g/mol. The van der Waals surface area contributed by atoms with Gasteiger partial charge < -0.3 is 9.64 Å². The quantitative estimate of drug-likeness (QED) is 0.809. The molecule has 0 unspecified atom stereocenters. The third-order valence-corrected chi connectivity index (χ3v) is 1.70. The molecule has 0 radical (unpaired) electrons. The van der Waals surface area contributed by atoms with E-state index in [1.54, 1.807) is 24.5 Å². The molecule has 0 bridgehead atoms. The van der Waals surface area contributed by atoms with E-state index >= 15 is 0 Å². The van der Waals surface area contributed by atoms with Gasteiger partial charge in [-0.1, -0.05) is 0 Å². The Morgan fingerprint density at radius 1 is 1.47 bits per heavy atom. The highest BCUT2D eigenvalue weighted by molar-refractivity contribution is 5.84. The van der Waals surface area contributed by atoms with Crippen molar-refractivity contribution in [2.75, 3.05) is 32.6 Å². The number of ether oxygens (including phenoxy) is 1. The Balaban J connectivity index is 2.25. The second-order valence-corrected chi connectivity index (χ2v) is 3.30. The number of hydrogen-bond donors (Lipinski definition) is 1. The molecule has 0 aromatic carbocycles. The first kappa shape index (κ1) is 11.5. The standard InChI is InChI=1S/C10H15N3O2/c1-13(2)7-8-15-10(14)12-9-3-5-11-6-4-9/h3-6H,7-8H2,1-2H3,(H,11,12,14). The summed E-state index contributed by atoms with van der Waals surface area (Å²) in [6.07, 6.45) is 2.77. The molecule has 1 amide bonds. The van der Waals surface area contributed by atoms with Crippen molar-refractivity contribution in [3.63, 3.8) is 0 Å². The summed E-state index contributed by atoms with van der Waals surface area (Å²) in [7, 11) is 3.84. The second-order valence-electron chi connectivity index (χ2n) is 3.30. The highest BCUT2D eigenvalue weighted by atomic mass is 16.5. The average Bonchev–Trinajstić information content (AvgIpc) is 2.18. The van der Waals surface area contributed by atoms with Gasteiger partial charge in [-0.05, 0) is 26.2 Å². The predicted molar refractivity (Wildman–Crippen MR) is 57.8 cm³/mol. The van der Waals surface area contributed by atoms with E-state index in [0.29, 0.717) is 18.8 Å². The maximum Gasteiger partial charge on any atom is 0.411 e. The molecular weight excluding hydrogens is 194 g/mol. The van der Waals surface area contributed by atoms with Crippen molar-refractivity contribution in [1.82, 2.24) is 9.88 Å². The van der Waals surface area contributed by atoms with E-state index in [1.165, 1.54) is 0 Å². The first-order valence-electron chi connectivity index (χ1n) is 4.67. The van der Waals surface area contributed by atoms with Crippen molar-refractivity contribution in [1.29, 1.82) is 0 Å². The van der Waals surface area contributed by atoms with Crippen molar-refractivity contribution >= 4 is 11.8 Å². The fraction of sp³-hybridized carbons (Fsp3) is 0.400. The fourth-order valence-electron chi connectivity index (χ4n) is 0.910. The smallest absolute Gasteiger partial charge is 0.411 e. The minimum atomic E-state index is -0.442. The summed E-state index contributed by atoms with van der Waals surface area (Å²) in [5.41, 5.74) is 0.680. The number of nitrogens with zero attached hydrogens (tertiary/aromatic N) is 2. The third-order valence-electron chi connectivity index (χ3n) is 1.70. The number of amides is 1. The van der Waals surface area contributed by atoms with Gasteiger partial charge in [-0.2, -0.15) is 0 Å². The zero-order valence-electron chi connectivity index (χ0n) is 8.93. The van der Waals surface area contributed by atoms with Crippen molar-refractivity contribution in [3.05, 3.63) is 24.5 Å². The SMILES string of the molecule is CN(C)CCOC(=O)Nc1ccncc1. The number of carbonyl (C=O) groups excluding carboxylic acids is 1. The Morgan fingerprint density at radius 3 is 2.73 bits per heavy atom. The molecule has 1 N–H and O–H groups in total. The zero-order chi connectivity index (χ0) is 11.1. The van der Waals surface area contributed by atoms with E-state index in [9.17, 15) is 4.79 Å². The van der Waals surface area contributed by atoms with Gasteiger partial charge in [0, 0.05) is 24.6 Å². The first-order chi connectivity index (χ1) is 7.18. The summed E-state index contributed by atoms with van der Waals surface area (Å²) in [6, 6.07) is 3.40. The topological polar surface area (TPSA) is 54.5 Å². The third kappa shape index (κ3) is 4.97. The minimum Gasteiger partial charge on any atom is -0.448 e. The Kier molecular flexibility index (Phi) is 4.56. The van der Waals surface area contributed by atoms with Gasteiger partial charge in [-0.15, -0.1) is 0 Å². The van der Waals surface area contributed by atoms with E-state index in [4.69, 9.17) is 4.74 Å². The molecule has 0 aliphatic rings. The lowest BCUT2D eigenvalue weighted by molar-refractivity contribution is 0.151. The lowest BCUT2D eigenvalue weighted by Gasteiger charge is -2.10. The molecule has 0 saturated carbocycles. The molecule has 0 saturated heterocycles. The van der Waals surface area contributed by atoms with Crippen molar-refractivity contribution < 1.29 is 9.53 Å². The number of hydrogen-bond acceptors (Lipinski definition) is 4. The summed E-state index contributed by atoms with van der Waals surface area (Å²) in [5.74, 6) is 0. The minimum absolute atomic E-state index is 0.379. The van der Waals surface area contributed by atoms with Crippen LogP contribution in [0.15, 0.2) is 24.5 Å². The van der Waals surface area contributed by atoms with E-state index in [0.717, 1.165) is 0 Å². The molecule has 1 rings (SSSR count). The molecule has 0 aliphatic heterocycles. The summed E-state index contributed by atoms with van der Waals surface area (Å²) in [4.78, 5) is 17.0. The molecule has 15 heavy (non-hydrogen) atoms. The fourth-order valence-corrected chi connectivity index (χ4v) is 0.910. The number of aromatic nitrogens is 1. The molecule has 0 atom stereocenters. The molecule has 0 fully saturated rings. The van der Waals surface area contributed by atoms with E-state index in [1.807, 2.05) is 19.0 Å². The molecule has 0 spiro atoms. The van der Waals surface area contributed by atoms with Gasteiger partial charge in [0.25, 0.3) is 0 Å². The zero-order valence-corrected chi connectivity index (χ0v) is 8.93. The molecular formula is C10H15N3O2. The van der Waals surface area contributed by atoms with Crippen molar-refractivity contribution in [2.24, 2.45) is 0 Å². The Hall–Kier alpha value is -1.62. The van der Waals surface area contributed by atoms with Crippen LogP contribution in [0.3, 0.4) is 0 Å². The van der Waals surface area contributed by atoms with Crippen LogP contribution in [0, 0.1) is 0 Å². The molecule has 1 aromatic heterocycles. The molecule has 0 aliphatic carbocycles. The van der Waals surface area contributed by atoms with Crippen LogP contribution >= 0.6 is 0 Å². The normalized spacial score (nSPS) is 10.1. The molecule has 5 nitrogen and oxygen atoms in total. The highest BCUT2D eigenvalue weighted by Crippen LogP contribution is 2.03. The van der Waals surface area contributed by atoms with Crippen molar-refractivity contribution in [2.45, 2.75) is 0 Å². The number of likely N-dealkylation sites (N-methyl/N-ethyl adjacent to an activating group) is 1. The predicted octanol–water partition coefficient (Wildman–Crippen LogP) is 1.19. The summed E-state index contributed by atoms with van der Waals surface area (Å²) in [6.45, 7) is 1.09. The molecule has 82 valence electrons. The van der Waals surface area contributed by atoms with Crippen LogP contribution in [0.25, 0.3) is 0 Å². The summed E-state index contributed by atoms with van der Waals surface area (Å²) < 4.78 is 4.94. The van der Waals surface area contributed by atoms with Crippen LogP contribution in [0.5, 0.6) is 0 Å². The molecule has 1 heterocycles. The summed E-state index contributed by atoms with van der Waals surface area (Å²) >= 11 is 0. The Morgan fingerprint density at radius 2 is 2.13 bits per heavy atom. The molecule has 5 heteroatoms. The van der Waals surface area contributed by atoms with Gasteiger partial charge in [0.15, 0.2) is 0 Å². The first-order valence-corrected chi connectivity index (χ1v) is 4.67. The van der Waals surface area contributed by atoms with Crippen LogP contribution in [0.4, 0.5) is 10.5 Å². The highest BCUT2D eigenvalue weighted by Gasteiger charge is 2.02. The number of pyridine rings is 1. The monoisotopic (exact) mass is 209 g/mol. The Labute approximate surface area is 89.1 Å². The Bertz CT molecular complexity index is 301.